The van der Waals surface area contributed by atoms with Crippen LogP contribution in [0.25, 0.3) is 22.6 Å². The molecule has 8 nitrogen and oxygen atoms in total. The van der Waals surface area contributed by atoms with Gasteiger partial charge in [-0.05, 0) is 80.1 Å². The molecule has 3 N–H and O–H groups in total. The van der Waals surface area contributed by atoms with Gasteiger partial charge < -0.3 is 20.6 Å². The number of allylic oxidation sites excluding steroid dienone is 1. The normalized spacial score (nSPS) is 15.2. The van der Waals surface area contributed by atoms with E-state index in [9.17, 15) is 0 Å². The number of likely N-dealkylation sites (tertiary alicyclic amines) is 1. The molecule has 0 bridgehead atoms. The number of pyridine rings is 1. The molecule has 1 aliphatic heterocycles. The van der Waals surface area contributed by atoms with Crippen LogP contribution in [0.5, 0.6) is 0 Å². The lowest BCUT2D eigenvalue weighted by Gasteiger charge is -2.11. The number of aliphatic hydroxyl groups excluding tert-OH is 1. The van der Waals surface area contributed by atoms with E-state index in [1.165, 1.54) is 24.5 Å². The summed E-state index contributed by atoms with van der Waals surface area (Å²) in [5.41, 5.74) is 6.54. The van der Waals surface area contributed by atoms with Crippen LogP contribution in [0.15, 0.2) is 74.1 Å². The Morgan fingerprint density at radius 1 is 1.00 bits per heavy atom. The fourth-order valence-corrected chi connectivity index (χ4v) is 5.17. The van der Waals surface area contributed by atoms with E-state index < -0.39 is 0 Å². The molecule has 1 saturated heterocycles. The summed E-state index contributed by atoms with van der Waals surface area (Å²) in [4.78, 5) is 16.6. The van der Waals surface area contributed by atoms with E-state index >= 15 is 0 Å². The lowest BCUT2D eigenvalue weighted by molar-refractivity contribution is 0.411. The summed E-state index contributed by atoms with van der Waals surface area (Å²) in [5, 5.41) is 14.3. The van der Waals surface area contributed by atoms with Crippen molar-refractivity contribution < 1.29 is 5.11 Å². The number of fused-ring (bicyclic) bond motifs is 1. The molecule has 1 aromatic carbocycles. The maximum Gasteiger partial charge on any atom is 0.208 e. The monoisotopic (exact) mass is 593 g/mol. The molecule has 4 heterocycles. The smallest absolute Gasteiger partial charge is 0.208 e. The Bertz CT molecular complexity index is 1580. The molecule has 8 heteroatoms. The largest absolute Gasteiger partial charge is 0.462 e. The van der Waals surface area contributed by atoms with Crippen LogP contribution in [-0.4, -0.2) is 56.5 Å². The number of hydrogen-bond donors (Lipinski definition) is 3. The highest BCUT2D eigenvalue weighted by Crippen LogP contribution is 2.40. The Kier molecular flexibility index (Phi) is 13.0. The lowest BCUT2D eigenvalue weighted by atomic mass is 10.0. The van der Waals surface area contributed by atoms with Gasteiger partial charge in [-0.2, -0.15) is 0 Å². The van der Waals surface area contributed by atoms with Crippen LogP contribution < -0.4 is 10.6 Å². The van der Waals surface area contributed by atoms with Crippen molar-refractivity contribution in [3.05, 3.63) is 90.9 Å². The van der Waals surface area contributed by atoms with Gasteiger partial charge in [0.05, 0.1) is 11.2 Å². The molecule has 0 radical (unpaired) electrons. The quantitative estimate of drug-likeness (QED) is 0.189. The molecule has 2 aliphatic rings. The van der Waals surface area contributed by atoms with Crippen LogP contribution >= 0.6 is 0 Å². The molecule has 1 unspecified atom stereocenters. The molecule has 1 aliphatic carbocycles. The summed E-state index contributed by atoms with van der Waals surface area (Å²) in [6.45, 7) is 17.6. The van der Waals surface area contributed by atoms with E-state index in [0.717, 1.165) is 65.1 Å². The molecular weight excluding hydrogens is 546 g/mol. The number of imidazole rings is 1. The van der Waals surface area contributed by atoms with E-state index in [2.05, 4.69) is 98.5 Å². The number of likely N-dealkylation sites (N-methyl/N-ethyl adjacent to an activating group) is 1. The van der Waals surface area contributed by atoms with E-state index in [1.54, 1.807) is 6.11 Å². The van der Waals surface area contributed by atoms with Gasteiger partial charge in [-0.15, -0.1) is 0 Å². The van der Waals surface area contributed by atoms with Gasteiger partial charge in [-0.25, -0.2) is 15.0 Å². The minimum Gasteiger partial charge on any atom is -0.462 e. The third-order valence-electron chi connectivity index (χ3n) is 7.35. The molecule has 1 atom stereocenters. The highest BCUT2D eigenvalue weighted by molar-refractivity contribution is 5.76. The van der Waals surface area contributed by atoms with Crippen molar-refractivity contribution in [2.45, 2.75) is 58.8 Å². The minimum atomic E-state index is 0.429. The summed E-state index contributed by atoms with van der Waals surface area (Å²) in [5.74, 6) is 5.85. The predicted octanol–water partition coefficient (Wildman–Crippen LogP) is 7.77. The van der Waals surface area contributed by atoms with Crippen LogP contribution in [0.4, 0.5) is 11.8 Å². The maximum atomic E-state index is 7.63. The van der Waals surface area contributed by atoms with Crippen LogP contribution in [0, 0.1) is 12.0 Å². The fraction of sp³-hybridized carbons (Fsp3) is 0.361. The first-order valence-corrected chi connectivity index (χ1v) is 15.5. The van der Waals surface area contributed by atoms with Crippen LogP contribution in [0.2, 0.25) is 0 Å². The van der Waals surface area contributed by atoms with Gasteiger partial charge in [-0.1, -0.05) is 65.1 Å². The van der Waals surface area contributed by atoms with Crippen molar-refractivity contribution >= 4 is 23.0 Å². The minimum absolute atomic E-state index is 0.429. The molecular formula is C36H47N7O. The number of nitrogens with one attached hydrogen (secondary N) is 2. The first-order chi connectivity index (χ1) is 21.5. The van der Waals surface area contributed by atoms with Crippen molar-refractivity contribution in [2.24, 2.45) is 0 Å². The molecule has 0 spiro atoms. The number of aliphatic hydroxyl groups is 1. The van der Waals surface area contributed by atoms with E-state index in [0.29, 0.717) is 11.8 Å². The number of rotatable bonds is 7. The van der Waals surface area contributed by atoms with Gasteiger partial charge >= 0.3 is 0 Å². The zero-order valence-corrected chi connectivity index (χ0v) is 27.1. The molecule has 3 aromatic heterocycles. The molecule has 44 heavy (non-hydrogen) atoms. The van der Waals surface area contributed by atoms with Gasteiger partial charge in [0, 0.05) is 43.2 Å². The highest BCUT2D eigenvalue weighted by Gasteiger charge is 2.27. The third kappa shape index (κ3) is 8.27. The first-order valence-electron chi connectivity index (χ1n) is 15.5. The topological polar surface area (TPSA) is 90.6 Å². The van der Waals surface area contributed by atoms with Gasteiger partial charge in [0.2, 0.25) is 5.95 Å². The second-order valence-electron chi connectivity index (χ2n) is 10.2. The standard InChI is InChI=1S/C28H31N7.C4H4O.2C2H6/c1-18(32-25-16-22(10-13-30-25)20-6-7-20)19-4-8-21(9-5-19)27-33-26(23-12-15-34(3)17-23)24-11-14-31-28(29-2)35(24)27;1-2-3-4-5;2*1-2/h4-5,8-11,13-14,16,20,23H,1,6-7,12,15,17H2,2-3H3,(H,29,31)(H,30,32);2,5H,1H2;2*1-2H3. The van der Waals surface area contributed by atoms with Crippen LogP contribution in [-0.2, 0) is 0 Å². The van der Waals surface area contributed by atoms with E-state index in [-0.39, 0.29) is 0 Å². The van der Waals surface area contributed by atoms with Gasteiger partial charge in [0.15, 0.2) is 0 Å². The van der Waals surface area contributed by atoms with Crippen molar-refractivity contribution in [1.82, 2.24) is 24.3 Å². The molecule has 0 amide bonds. The van der Waals surface area contributed by atoms with Crippen molar-refractivity contribution in [1.29, 1.82) is 0 Å². The van der Waals surface area contributed by atoms with E-state index in [1.807, 2.05) is 47.1 Å². The number of nitrogens with zero attached hydrogens (tertiary/aromatic N) is 5. The highest BCUT2D eigenvalue weighted by atomic mass is 16.2. The Balaban J connectivity index is 0.000000528. The Morgan fingerprint density at radius 3 is 2.27 bits per heavy atom. The second-order valence-corrected chi connectivity index (χ2v) is 10.2. The molecule has 1 saturated carbocycles. The first kappa shape index (κ1) is 33.9. The second kappa shape index (κ2) is 16.9. The number of hydrogen-bond acceptors (Lipinski definition) is 7. The van der Waals surface area contributed by atoms with Crippen LogP contribution in [0.1, 0.15) is 75.6 Å². The van der Waals surface area contributed by atoms with Gasteiger partial charge in [0.25, 0.3) is 0 Å². The Labute approximate surface area is 263 Å². The van der Waals surface area contributed by atoms with Crippen molar-refractivity contribution in [3.63, 3.8) is 0 Å². The van der Waals surface area contributed by atoms with Crippen LogP contribution in [0.3, 0.4) is 0 Å². The molecule has 4 aromatic rings. The third-order valence-corrected chi connectivity index (χ3v) is 7.35. The zero-order valence-electron chi connectivity index (χ0n) is 27.1. The SMILES string of the molecule is C=C(Nc1cc(C2CC2)ccn1)c1ccc(-c2nc(C3CCN(C)C3)c3ccnc(NC)n23)cc1.C=CC#CO.CC.CC. The summed E-state index contributed by atoms with van der Waals surface area (Å²) >= 11 is 0. The molecule has 6 rings (SSSR count). The average Bonchev–Trinajstić information content (AvgIpc) is 3.73. The summed E-state index contributed by atoms with van der Waals surface area (Å²) in [6, 6.07) is 14.7. The lowest BCUT2D eigenvalue weighted by Crippen LogP contribution is -2.13. The fourth-order valence-electron chi connectivity index (χ4n) is 5.17. The molecule has 232 valence electrons. The maximum absolute atomic E-state index is 7.63. The Hall–Kier alpha value is -4.61. The van der Waals surface area contributed by atoms with E-state index in [4.69, 9.17) is 10.1 Å². The summed E-state index contributed by atoms with van der Waals surface area (Å²) in [6.07, 6.45) is 10.4. The number of benzene rings is 1. The average molecular weight is 594 g/mol. The summed E-state index contributed by atoms with van der Waals surface area (Å²) < 4.78 is 2.14. The van der Waals surface area contributed by atoms with Gasteiger partial charge in [-0.3, -0.25) is 4.40 Å². The molecule has 2 fully saturated rings. The number of aromatic nitrogens is 4. The van der Waals surface area contributed by atoms with Crippen molar-refractivity contribution in [3.8, 4) is 23.4 Å². The Morgan fingerprint density at radius 2 is 1.70 bits per heavy atom. The number of anilines is 2. The van der Waals surface area contributed by atoms with Gasteiger partial charge in [0.1, 0.15) is 17.7 Å². The van der Waals surface area contributed by atoms with Crippen molar-refractivity contribution in [2.75, 3.05) is 37.8 Å². The summed E-state index contributed by atoms with van der Waals surface area (Å²) in [7, 11) is 4.08. The zero-order chi connectivity index (χ0) is 32.1. The predicted molar refractivity (Wildman–Crippen MR) is 184 cm³/mol.